The van der Waals surface area contributed by atoms with Gasteiger partial charge < -0.3 is 5.73 Å². The van der Waals surface area contributed by atoms with E-state index in [1.165, 1.54) is 5.56 Å². The van der Waals surface area contributed by atoms with E-state index in [-0.39, 0.29) is 11.0 Å². The van der Waals surface area contributed by atoms with Crippen LogP contribution < -0.4 is 5.73 Å². The predicted molar refractivity (Wildman–Crippen MR) is 72.7 cm³/mol. The molecule has 1 aliphatic carbocycles. The van der Waals surface area contributed by atoms with E-state index in [1.54, 1.807) is 6.20 Å². The van der Waals surface area contributed by atoms with Gasteiger partial charge in [0.1, 0.15) is 0 Å². The fourth-order valence-electron chi connectivity index (χ4n) is 2.64. The molecule has 0 saturated heterocycles. The molecule has 2 N–H and O–H groups in total. The molecule has 0 spiro atoms. The van der Waals surface area contributed by atoms with Gasteiger partial charge in [0.25, 0.3) is 0 Å². The zero-order valence-corrected chi connectivity index (χ0v) is 10.9. The minimum absolute atomic E-state index is 0.0322. The Hall–Kier alpha value is -1.61. The summed E-state index contributed by atoms with van der Waals surface area (Å²) in [7, 11) is 0. The van der Waals surface area contributed by atoms with Crippen molar-refractivity contribution < 1.29 is 0 Å². The van der Waals surface area contributed by atoms with E-state index in [0.717, 1.165) is 18.5 Å². The largest absolute Gasteiger partial charge is 0.324 e. The quantitative estimate of drug-likeness (QED) is 0.897. The zero-order valence-electron chi connectivity index (χ0n) is 10.9. The predicted octanol–water partition coefficient (Wildman–Crippen LogP) is 2.64. The smallest absolute Gasteiger partial charge is 0.0683 e. The highest BCUT2D eigenvalue weighted by Crippen LogP contribution is 2.50. The molecule has 0 radical (unpaired) electrons. The topological polar surface area (TPSA) is 43.8 Å². The normalized spacial score (nSPS) is 17.7. The molecule has 94 valence electrons. The van der Waals surface area contributed by atoms with Crippen LogP contribution in [-0.2, 0) is 5.41 Å². The Bertz CT molecular complexity index is 551. The maximum atomic E-state index is 6.45. The average molecular weight is 241 g/mol. The van der Waals surface area contributed by atoms with Gasteiger partial charge in [-0.15, -0.1) is 0 Å². The van der Waals surface area contributed by atoms with E-state index in [4.69, 9.17) is 5.73 Å². The molecule has 1 aliphatic rings. The van der Waals surface area contributed by atoms with Crippen LogP contribution in [0.15, 0.2) is 42.7 Å². The summed E-state index contributed by atoms with van der Waals surface area (Å²) in [5, 5.41) is 4.34. The van der Waals surface area contributed by atoms with Gasteiger partial charge >= 0.3 is 0 Å². The number of nitrogens with zero attached hydrogens (tertiary/aromatic N) is 2. The number of hydrogen-bond donors (Lipinski definition) is 1. The molecule has 3 rings (SSSR count). The maximum absolute atomic E-state index is 6.45. The molecule has 1 saturated carbocycles. The summed E-state index contributed by atoms with van der Waals surface area (Å²) in [6, 6.07) is 10.3. The van der Waals surface area contributed by atoms with Crippen LogP contribution in [0.25, 0.3) is 5.69 Å². The number of benzene rings is 1. The van der Waals surface area contributed by atoms with Crippen molar-refractivity contribution in [1.29, 1.82) is 0 Å². The summed E-state index contributed by atoms with van der Waals surface area (Å²) in [5.74, 6) is 0. The molecule has 3 nitrogen and oxygen atoms in total. The summed E-state index contributed by atoms with van der Waals surface area (Å²) in [6.07, 6.45) is 5.99. The first-order valence-corrected chi connectivity index (χ1v) is 6.43. The highest BCUT2D eigenvalue weighted by atomic mass is 15.3. The zero-order chi connectivity index (χ0) is 12.8. The standard InChI is InChI=1S/C15H19N3/c1-14(2,15(16)8-9-15)12-6-3-4-7-13(12)18-11-5-10-17-18/h3-7,10-11H,8-9,16H2,1-2H3. The summed E-state index contributed by atoms with van der Waals surface area (Å²) in [4.78, 5) is 0. The van der Waals surface area contributed by atoms with Crippen molar-refractivity contribution in [1.82, 2.24) is 9.78 Å². The first-order valence-electron chi connectivity index (χ1n) is 6.43. The Morgan fingerprint density at radius 2 is 1.94 bits per heavy atom. The van der Waals surface area contributed by atoms with Crippen molar-refractivity contribution in [2.45, 2.75) is 37.6 Å². The summed E-state index contributed by atoms with van der Waals surface area (Å²) >= 11 is 0. The lowest BCUT2D eigenvalue weighted by Crippen LogP contribution is -2.43. The third-order valence-electron chi connectivity index (χ3n) is 4.36. The fourth-order valence-corrected chi connectivity index (χ4v) is 2.64. The van der Waals surface area contributed by atoms with E-state index >= 15 is 0 Å². The Kier molecular flexibility index (Phi) is 2.35. The van der Waals surface area contributed by atoms with Gasteiger partial charge in [0.15, 0.2) is 0 Å². The van der Waals surface area contributed by atoms with Gasteiger partial charge in [-0.25, -0.2) is 4.68 Å². The fraction of sp³-hybridized carbons (Fsp3) is 0.400. The van der Waals surface area contributed by atoms with Crippen molar-refractivity contribution >= 4 is 0 Å². The molecule has 1 heterocycles. The first-order chi connectivity index (χ1) is 8.55. The highest BCUT2D eigenvalue weighted by molar-refractivity contribution is 5.47. The van der Waals surface area contributed by atoms with E-state index in [9.17, 15) is 0 Å². The number of para-hydroxylation sites is 1. The van der Waals surface area contributed by atoms with Crippen molar-refractivity contribution in [3.63, 3.8) is 0 Å². The van der Waals surface area contributed by atoms with Crippen LogP contribution in [0.4, 0.5) is 0 Å². The molecule has 18 heavy (non-hydrogen) atoms. The van der Waals surface area contributed by atoms with Crippen molar-refractivity contribution in [2.75, 3.05) is 0 Å². The number of nitrogens with two attached hydrogens (primary N) is 1. The van der Waals surface area contributed by atoms with Crippen LogP contribution in [0.2, 0.25) is 0 Å². The van der Waals surface area contributed by atoms with Gasteiger partial charge in [0, 0.05) is 23.3 Å². The number of aromatic nitrogens is 2. The molecule has 1 fully saturated rings. The van der Waals surface area contributed by atoms with E-state index in [1.807, 2.05) is 23.0 Å². The second-order valence-electron chi connectivity index (χ2n) is 5.75. The van der Waals surface area contributed by atoms with E-state index < -0.39 is 0 Å². The maximum Gasteiger partial charge on any atom is 0.0683 e. The summed E-state index contributed by atoms with van der Waals surface area (Å²) in [5.41, 5.74) is 8.76. The Morgan fingerprint density at radius 1 is 1.22 bits per heavy atom. The van der Waals surface area contributed by atoms with Crippen LogP contribution in [0.1, 0.15) is 32.3 Å². The van der Waals surface area contributed by atoms with Crippen molar-refractivity contribution in [3.05, 3.63) is 48.3 Å². The monoisotopic (exact) mass is 241 g/mol. The van der Waals surface area contributed by atoms with Gasteiger partial charge in [-0.2, -0.15) is 5.10 Å². The lowest BCUT2D eigenvalue weighted by Gasteiger charge is -2.34. The minimum atomic E-state index is -0.0593. The van der Waals surface area contributed by atoms with Gasteiger partial charge in [-0.05, 0) is 30.5 Å². The van der Waals surface area contributed by atoms with Crippen LogP contribution in [0.3, 0.4) is 0 Å². The molecule has 0 aliphatic heterocycles. The number of rotatable bonds is 3. The van der Waals surface area contributed by atoms with Crippen molar-refractivity contribution in [3.8, 4) is 5.69 Å². The highest BCUT2D eigenvalue weighted by Gasteiger charge is 2.52. The Morgan fingerprint density at radius 3 is 2.56 bits per heavy atom. The number of hydrogen-bond acceptors (Lipinski definition) is 2. The van der Waals surface area contributed by atoms with Crippen LogP contribution in [-0.4, -0.2) is 15.3 Å². The minimum Gasteiger partial charge on any atom is -0.324 e. The summed E-state index contributed by atoms with van der Waals surface area (Å²) < 4.78 is 1.92. The second-order valence-corrected chi connectivity index (χ2v) is 5.75. The molecule has 0 atom stereocenters. The molecule has 3 heteroatoms. The van der Waals surface area contributed by atoms with Crippen LogP contribution in [0, 0.1) is 0 Å². The van der Waals surface area contributed by atoms with Crippen LogP contribution in [0.5, 0.6) is 0 Å². The third-order valence-corrected chi connectivity index (χ3v) is 4.36. The molecular formula is C15H19N3. The molecule has 0 amide bonds. The molecule has 0 unspecified atom stereocenters. The average Bonchev–Trinajstić information content (AvgIpc) is 2.94. The molecule has 2 aromatic rings. The molecular weight excluding hydrogens is 222 g/mol. The van der Waals surface area contributed by atoms with E-state index in [0.29, 0.717) is 0 Å². The van der Waals surface area contributed by atoms with Gasteiger partial charge in [0.2, 0.25) is 0 Å². The second kappa shape index (κ2) is 3.69. The van der Waals surface area contributed by atoms with Gasteiger partial charge in [-0.3, -0.25) is 0 Å². The first kappa shape index (κ1) is 11.5. The van der Waals surface area contributed by atoms with Crippen molar-refractivity contribution in [2.24, 2.45) is 5.73 Å². The van der Waals surface area contributed by atoms with Gasteiger partial charge in [0.05, 0.1) is 5.69 Å². The Balaban J connectivity index is 2.13. The lowest BCUT2D eigenvalue weighted by molar-refractivity contribution is 0.389. The van der Waals surface area contributed by atoms with Crippen LogP contribution >= 0.6 is 0 Å². The summed E-state index contributed by atoms with van der Waals surface area (Å²) in [6.45, 7) is 4.48. The lowest BCUT2D eigenvalue weighted by atomic mass is 9.75. The Labute approximate surface area is 108 Å². The molecule has 1 aromatic heterocycles. The molecule has 1 aromatic carbocycles. The third kappa shape index (κ3) is 1.58. The van der Waals surface area contributed by atoms with E-state index in [2.05, 4.69) is 37.1 Å². The molecule has 0 bridgehead atoms. The van der Waals surface area contributed by atoms with Gasteiger partial charge in [-0.1, -0.05) is 32.0 Å². The SMILES string of the molecule is CC(C)(c1ccccc1-n1cccn1)C1(N)CC1.